The SMILES string of the molecule is CC1NCCn2c(-c3cccc(=O)[nH]3)nnc21. The molecule has 3 rings (SSSR count). The van der Waals surface area contributed by atoms with E-state index in [1.807, 2.05) is 10.6 Å². The summed E-state index contributed by atoms with van der Waals surface area (Å²) in [6.07, 6.45) is 0. The molecule has 0 saturated carbocycles. The second-order valence-corrected chi connectivity index (χ2v) is 4.14. The predicted octanol–water partition coefficient (Wildman–Crippen LogP) is 0.298. The zero-order chi connectivity index (χ0) is 11.8. The van der Waals surface area contributed by atoms with Gasteiger partial charge in [0.15, 0.2) is 5.82 Å². The molecule has 1 unspecified atom stereocenters. The highest BCUT2D eigenvalue weighted by molar-refractivity contribution is 5.49. The lowest BCUT2D eigenvalue weighted by Gasteiger charge is -2.21. The standard InChI is InChI=1S/C11H13N5O/c1-7-10-14-15-11(16(10)6-5-12-7)8-3-2-4-9(17)13-8/h2-4,7,12H,5-6H2,1H3,(H,13,17). The molecule has 0 saturated heterocycles. The van der Waals surface area contributed by atoms with Crippen LogP contribution in [-0.4, -0.2) is 26.3 Å². The maximum Gasteiger partial charge on any atom is 0.248 e. The number of aromatic nitrogens is 4. The Hall–Kier alpha value is -1.95. The lowest BCUT2D eigenvalue weighted by atomic mass is 10.2. The fourth-order valence-corrected chi connectivity index (χ4v) is 2.12. The molecule has 3 heterocycles. The van der Waals surface area contributed by atoms with Crippen molar-refractivity contribution in [3.8, 4) is 11.5 Å². The molecule has 0 aliphatic carbocycles. The molecule has 6 heteroatoms. The predicted molar refractivity (Wildman–Crippen MR) is 62.5 cm³/mol. The summed E-state index contributed by atoms with van der Waals surface area (Å²) in [6, 6.07) is 5.24. The van der Waals surface area contributed by atoms with Crippen molar-refractivity contribution in [2.75, 3.05) is 6.54 Å². The van der Waals surface area contributed by atoms with E-state index in [0.29, 0.717) is 5.69 Å². The van der Waals surface area contributed by atoms with Gasteiger partial charge in [0, 0.05) is 19.2 Å². The van der Waals surface area contributed by atoms with E-state index in [2.05, 4.69) is 27.4 Å². The first-order valence-electron chi connectivity index (χ1n) is 5.62. The van der Waals surface area contributed by atoms with Crippen LogP contribution < -0.4 is 10.9 Å². The molecule has 1 atom stereocenters. The molecule has 1 aliphatic rings. The van der Waals surface area contributed by atoms with Crippen LogP contribution in [0.5, 0.6) is 0 Å². The summed E-state index contributed by atoms with van der Waals surface area (Å²) in [4.78, 5) is 14.1. The first-order chi connectivity index (χ1) is 8.25. The van der Waals surface area contributed by atoms with Gasteiger partial charge in [-0.15, -0.1) is 10.2 Å². The Labute approximate surface area is 97.7 Å². The molecule has 17 heavy (non-hydrogen) atoms. The highest BCUT2D eigenvalue weighted by atomic mass is 16.1. The molecule has 0 spiro atoms. The van der Waals surface area contributed by atoms with Crippen molar-refractivity contribution in [2.45, 2.75) is 19.5 Å². The van der Waals surface area contributed by atoms with Crippen molar-refractivity contribution >= 4 is 0 Å². The maximum absolute atomic E-state index is 11.3. The van der Waals surface area contributed by atoms with Crippen LogP contribution in [0, 0.1) is 0 Å². The highest BCUT2D eigenvalue weighted by Crippen LogP contribution is 2.20. The van der Waals surface area contributed by atoms with Crippen LogP contribution in [-0.2, 0) is 6.54 Å². The lowest BCUT2D eigenvalue weighted by Crippen LogP contribution is -2.32. The second-order valence-electron chi connectivity index (χ2n) is 4.14. The minimum atomic E-state index is -0.123. The molecule has 2 aromatic heterocycles. The number of nitrogens with zero attached hydrogens (tertiary/aromatic N) is 3. The van der Waals surface area contributed by atoms with E-state index in [4.69, 9.17) is 0 Å². The average Bonchev–Trinajstić information content (AvgIpc) is 2.74. The van der Waals surface area contributed by atoms with Gasteiger partial charge in [-0.2, -0.15) is 0 Å². The number of hydrogen-bond acceptors (Lipinski definition) is 4. The summed E-state index contributed by atoms with van der Waals surface area (Å²) >= 11 is 0. The highest BCUT2D eigenvalue weighted by Gasteiger charge is 2.22. The summed E-state index contributed by atoms with van der Waals surface area (Å²) in [7, 11) is 0. The third kappa shape index (κ3) is 1.66. The summed E-state index contributed by atoms with van der Waals surface area (Å²) < 4.78 is 2.05. The normalized spacial score (nSPS) is 19.0. The number of H-pyrrole nitrogens is 1. The third-order valence-corrected chi connectivity index (χ3v) is 2.96. The summed E-state index contributed by atoms with van der Waals surface area (Å²) in [5.41, 5.74) is 0.590. The van der Waals surface area contributed by atoms with Gasteiger partial charge >= 0.3 is 0 Å². The topological polar surface area (TPSA) is 75.6 Å². The number of fused-ring (bicyclic) bond motifs is 1. The quantitative estimate of drug-likeness (QED) is 0.740. The molecule has 88 valence electrons. The minimum absolute atomic E-state index is 0.123. The first kappa shape index (κ1) is 10.2. The van der Waals surface area contributed by atoms with Crippen LogP contribution in [0.1, 0.15) is 18.8 Å². The molecule has 0 amide bonds. The molecule has 0 fully saturated rings. The van der Waals surface area contributed by atoms with Gasteiger partial charge < -0.3 is 14.9 Å². The summed E-state index contributed by atoms with van der Waals surface area (Å²) in [6.45, 7) is 3.76. The van der Waals surface area contributed by atoms with Gasteiger partial charge in [-0.25, -0.2) is 0 Å². The number of hydrogen-bond donors (Lipinski definition) is 2. The molecule has 0 bridgehead atoms. The van der Waals surface area contributed by atoms with E-state index in [1.54, 1.807) is 6.07 Å². The monoisotopic (exact) mass is 231 g/mol. The fourth-order valence-electron chi connectivity index (χ4n) is 2.12. The molecule has 2 aromatic rings. The Morgan fingerprint density at radius 3 is 3.12 bits per heavy atom. The van der Waals surface area contributed by atoms with Gasteiger partial charge in [-0.3, -0.25) is 4.79 Å². The van der Waals surface area contributed by atoms with Crippen molar-refractivity contribution < 1.29 is 0 Å². The Balaban J connectivity index is 2.13. The van der Waals surface area contributed by atoms with Crippen molar-refractivity contribution in [3.05, 3.63) is 34.4 Å². The fraction of sp³-hybridized carbons (Fsp3) is 0.364. The van der Waals surface area contributed by atoms with Gasteiger partial charge in [0.05, 0.1) is 11.7 Å². The van der Waals surface area contributed by atoms with Gasteiger partial charge in [0.1, 0.15) is 5.82 Å². The number of aromatic amines is 1. The summed E-state index contributed by atoms with van der Waals surface area (Å²) in [5, 5.41) is 11.7. The third-order valence-electron chi connectivity index (χ3n) is 2.96. The molecular formula is C11H13N5O. The largest absolute Gasteiger partial charge is 0.319 e. The Morgan fingerprint density at radius 2 is 2.29 bits per heavy atom. The van der Waals surface area contributed by atoms with Gasteiger partial charge in [0.2, 0.25) is 5.56 Å². The first-order valence-corrected chi connectivity index (χ1v) is 5.62. The van der Waals surface area contributed by atoms with Gasteiger partial charge in [-0.05, 0) is 13.0 Å². The van der Waals surface area contributed by atoms with E-state index in [9.17, 15) is 4.79 Å². The number of nitrogens with one attached hydrogen (secondary N) is 2. The van der Waals surface area contributed by atoms with E-state index < -0.39 is 0 Å². The maximum atomic E-state index is 11.3. The lowest BCUT2D eigenvalue weighted by molar-refractivity contribution is 0.438. The molecular weight excluding hydrogens is 218 g/mol. The van der Waals surface area contributed by atoms with Crippen molar-refractivity contribution in [3.63, 3.8) is 0 Å². The van der Waals surface area contributed by atoms with E-state index in [-0.39, 0.29) is 11.6 Å². The average molecular weight is 231 g/mol. The smallest absolute Gasteiger partial charge is 0.248 e. The van der Waals surface area contributed by atoms with Crippen molar-refractivity contribution in [1.29, 1.82) is 0 Å². The zero-order valence-electron chi connectivity index (χ0n) is 9.47. The molecule has 0 aromatic carbocycles. The van der Waals surface area contributed by atoms with Gasteiger partial charge in [0.25, 0.3) is 0 Å². The van der Waals surface area contributed by atoms with E-state index in [0.717, 1.165) is 24.7 Å². The van der Waals surface area contributed by atoms with Crippen LogP contribution in [0.2, 0.25) is 0 Å². The van der Waals surface area contributed by atoms with Crippen LogP contribution >= 0.6 is 0 Å². The molecule has 0 radical (unpaired) electrons. The van der Waals surface area contributed by atoms with Crippen molar-refractivity contribution in [1.82, 2.24) is 25.1 Å². The summed E-state index contributed by atoms with van der Waals surface area (Å²) in [5.74, 6) is 1.64. The second kappa shape index (κ2) is 3.81. The minimum Gasteiger partial charge on any atom is -0.319 e. The van der Waals surface area contributed by atoms with Crippen molar-refractivity contribution in [2.24, 2.45) is 0 Å². The Kier molecular flexibility index (Phi) is 2.29. The van der Waals surface area contributed by atoms with Crippen LogP contribution in [0.15, 0.2) is 23.0 Å². The number of pyridine rings is 1. The molecule has 6 nitrogen and oxygen atoms in total. The van der Waals surface area contributed by atoms with E-state index >= 15 is 0 Å². The molecule has 1 aliphatic heterocycles. The zero-order valence-corrected chi connectivity index (χ0v) is 9.47. The molecule has 2 N–H and O–H groups in total. The van der Waals surface area contributed by atoms with E-state index in [1.165, 1.54) is 6.07 Å². The number of rotatable bonds is 1. The van der Waals surface area contributed by atoms with Crippen LogP contribution in [0.25, 0.3) is 11.5 Å². The van der Waals surface area contributed by atoms with Gasteiger partial charge in [-0.1, -0.05) is 6.07 Å². The Morgan fingerprint density at radius 1 is 1.41 bits per heavy atom. The van der Waals surface area contributed by atoms with Crippen LogP contribution in [0.4, 0.5) is 0 Å². The van der Waals surface area contributed by atoms with Crippen LogP contribution in [0.3, 0.4) is 0 Å². The Bertz CT molecular complexity index is 600.